The summed E-state index contributed by atoms with van der Waals surface area (Å²) in [6.45, 7) is 3.71. The van der Waals surface area contributed by atoms with Crippen molar-refractivity contribution in [1.82, 2.24) is 10.2 Å². The van der Waals surface area contributed by atoms with Crippen molar-refractivity contribution < 1.29 is 9.53 Å². The minimum Gasteiger partial charge on any atom is -0.368 e. The molecule has 1 aromatic rings. The van der Waals surface area contributed by atoms with Crippen LogP contribution in [0.1, 0.15) is 48.8 Å². The molecule has 1 amide bonds. The molecule has 3 aliphatic rings. The highest BCUT2D eigenvalue weighted by molar-refractivity contribution is 5.85. The van der Waals surface area contributed by atoms with Crippen LogP contribution in [0.15, 0.2) is 18.2 Å². The molecule has 138 valence electrons. The van der Waals surface area contributed by atoms with Crippen molar-refractivity contribution in [3.8, 4) is 0 Å². The number of ether oxygens (including phenoxy) is 1. The monoisotopic (exact) mass is 364 g/mol. The van der Waals surface area contributed by atoms with Gasteiger partial charge in [-0.05, 0) is 55.2 Å². The highest BCUT2D eigenvalue weighted by Gasteiger charge is 2.26. The van der Waals surface area contributed by atoms with Gasteiger partial charge in [0.25, 0.3) is 0 Å². The quantitative estimate of drug-likeness (QED) is 0.893. The van der Waals surface area contributed by atoms with Crippen LogP contribution in [-0.2, 0) is 28.9 Å². The van der Waals surface area contributed by atoms with E-state index in [1.54, 1.807) is 0 Å². The predicted molar refractivity (Wildman–Crippen MR) is 101 cm³/mol. The summed E-state index contributed by atoms with van der Waals surface area (Å²) in [7, 11) is 0. The van der Waals surface area contributed by atoms with Crippen LogP contribution >= 0.6 is 12.4 Å². The van der Waals surface area contributed by atoms with Crippen LogP contribution < -0.4 is 5.32 Å². The van der Waals surface area contributed by atoms with Crippen molar-refractivity contribution in [2.24, 2.45) is 0 Å². The van der Waals surface area contributed by atoms with Crippen molar-refractivity contribution >= 4 is 18.3 Å². The third-order valence-electron chi connectivity index (χ3n) is 5.89. The molecule has 2 heterocycles. The molecular weight excluding hydrogens is 336 g/mol. The van der Waals surface area contributed by atoms with Crippen LogP contribution in [0.5, 0.6) is 0 Å². The van der Waals surface area contributed by atoms with Crippen molar-refractivity contribution in [2.45, 2.75) is 63.6 Å². The molecule has 1 atom stereocenters. The lowest BCUT2D eigenvalue weighted by atomic mass is 9.91. The summed E-state index contributed by atoms with van der Waals surface area (Å²) >= 11 is 0. The highest BCUT2D eigenvalue weighted by atomic mass is 35.5. The summed E-state index contributed by atoms with van der Waals surface area (Å²) in [5.74, 6) is 0.0404. The van der Waals surface area contributed by atoms with Gasteiger partial charge >= 0.3 is 0 Å². The van der Waals surface area contributed by atoms with Gasteiger partial charge in [0.1, 0.15) is 6.10 Å². The zero-order valence-corrected chi connectivity index (χ0v) is 15.7. The molecule has 2 fully saturated rings. The topological polar surface area (TPSA) is 41.6 Å². The second kappa shape index (κ2) is 8.52. The van der Waals surface area contributed by atoms with E-state index in [9.17, 15) is 4.79 Å². The highest BCUT2D eigenvalue weighted by Crippen LogP contribution is 2.27. The first-order chi connectivity index (χ1) is 11.8. The Morgan fingerprint density at radius 2 is 1.92 bits per heavy atom. The Bertz CT molecular complexity index is 597. The molecule has 4 nitrogen and oxygen atoms in total. The van der Waals surface area contributed by atoms with E-state index in [4.69, 9.17) is 4.74 Å². The Morgan fingerprint density at radius 1 is 1.12 bits per heavy atom. The molecule has 1 unspecified atom stereocenters. The molecule has 0 bridgehead atoms. The van der Waals surface area contributed by atoms with E-state index in [2.05, 4.69) is 28.4 Å². The molecule has 1 aromatic carbocycles. The Hall–Kier alpha value is -1.10. The number of amides is 1. The van der Waals surface area contributed by atoms with Gasteiger partial charge in [-0.3, -0.25) is 9.69 Å². The zero-order valence-electron chi connectivity index (χ0n) is 14.8. The van der Waals surface area contributed by atoms with Crippen molar-refractivity contribution in [3.05, 3.63) is 34.9 Å². The van der Waals surface area contributed by atoms with Crippen LogP contribution in [0.2, 0.25) is 0 Å². The second-order valence-electron chi connectivity index (χ2n) is 7.44. The number of fused-ring (bicyclic) bond motifs is 1. The summed E-state index contributed by atoms with van der Waals surface area (Å²) < 4.78 is 5.44. The maximum atomic E-state index is 12.1. The van der Waals surface area contributed by atoms with E-state index in [0.29, 0.717) is 13.2 Å². The van der Waals surface area contributed by atoms with Crippen molar-refractivity contribution in [1.29, 1.82) is 0 Å². The first-order valence-corrected chi connectivity index (χ1v) is 9.53. The summed E-state index contributed by atoms with van der Waals surface area (Å²) in [4.78, 5) is 14.8. The SMILES string of the molecule is Cl.O=C(NCc1ccc2c(c1)CCN(C1CCC1)CC2)C1CCCO1. The van der Waals surface area contributed by atoms with Crippen LogP contribution in [0, 0.1) is 0 Å². The van der Waals surface area contributed by atoms with E-state index in [0.717, 1.165) is 31.7 Å². The van der Waals surface area contributed by atoms with Crippen LogP contribution in [0.3, 0.4) is 0 Å². The molecule has 5 heteroatoms. The molecule has 25 heavy (non-hydrogen) atoms. The lowest BCUT2D eigenvalue weighted by Gasteiger charge is -2.36. The number of nitrogens with one attached hydrogen (secondary N) is 1. The van der Waals surface area contributed by atoms with Crippen LogP contribution in [0.25, 0.3) is 0 Å². The largest absolute Gasteiger partial charge is 0.368 e. The number of hydrogen-bond acceptors (Lipinski definition) is 3. The Morgan fingerprint density at radius 3 is 2.60 bits per heavy atom. The van der Waals surface area contributed by atoms with Gasteiger partial charge in [0.2, 0.25) is 5.91 Å². The van der Waals surface area contributed by atoms with Gasteiger partial charge in [0.15, 0.2) is 0 Å². The predicted octanol–water partition coefficient (Wildman–Crippen LogP) is 2.86. The molecule has 1 N–H and O–H groups in total. The third-order valence-corrected chi connectivity index (χ3v) is 5.89. The normalized spacial score (nSPS) is 23.9. The third kappa shape index (κ3) is 4.36. The minimum atomic E-state index is -0.234. The number of rotatable bonds is 4. The molecule has 2 aliphatic heterocycles. The van der Waals surface area contributed by atoms with Gasteiger partial charge in [0, 0.05) is 32.3 Å². The fraction of sp³-hybridized carbons (Fsp3) is 0.650. The molecule has 1 aliphatic carbocycles. The maximum Gasteiger partial charge on any atom is 0.249 e. The molecule has 0 aromatic heterocycles. The number of nitrogens with zero attached hydrogens (tertiary/aromatic N) is 1. The number of benzene rings is 1. The minimum absolute atomic E-state index is 0. The van der Waals surface area contributed by atoms with Gasteiger partial charge in [-0.2, -0.15) is 0 Å². The first-order valence-electron chi connectivity index (χ1n) is 9.53. The number of hydrogen-bond donors (Lipinski definition) is 1. The number of carbonyl (C=O) groups is 1. The van der Waals surface area contributed by atoms with Gasteiger partial charge in [-0.1, -0.05) is 24.6 Å². The fourth-order valence-electron chi connectivity index (χ4n) is 4.11. The van der Waals surface area contributed by atoms with E-state index in [-0.39, 0.29) is 24.4 Å². The molecule has 1 saturated heterocycles. The van der Waals surface area contributed by atoms with Crippen LogP contribution in [0.4, 0.5) is 0 Å². The first kappa shape index (κ1) is 18.7. The van der Waals surface area contributed by atoms with E-state index in [1.165, 1.54) is 49.0 Å². The van der Waals surface area contributed by atoms with Crippen molar-refractivity contribution in [3.63, 3.8) is 0 Å². The molecule has 0 radical (unpaired) electrons. The average Bonchev–Trinajstić information content (AvgIpc) is 3.01. The summed E-state index contributed by atoms with van der Waals surface area (Å²) in [6, 6.07) is 7.58. The van der Waals surface area contributed by atoms with Gasteiger partial charge < -0.3 is 10.1 Å². The average molecular weight is 365 g/mol. The number of halogens is 1. The molecule has 4 rings (SSSR count). The van der Waals surface area contributed by atoms with E-state index >= 15 is 0 Å². The van der Waals surface area contributed by atoms with Gasteiger partial charge in [-0.25, -0.2) is 0 Å². The summed E-state index contributed by atoms with van der Waals surface area (Å²) in [5.41, 5.74) is 4.17. The Labute approximate surface area is 156 Å². The van der Waals surface area contributed by atoms with Gasteiger partial charge in [0.05, 0.1) is 0 Å². The standard InChI is InChI=1S/C20H28N2O2.ClH/c23-20(19-5-2-12-24-19)21-14-15-6-7-16-8-10-22(18-3-1-4-18)11-9-17(16)13-15;/h6-7,13,18-19H,1-5,8-12,14H2,(H,21,23);1H. The Balaban J connectivity index is 0.00000182. The summed E-state index contributed by atoms with van der Waals surface area (Å²) in [5, 5.41) is 3.03. The zero-order chi connectivity index (χ0) is 16.4. The maximum absolute atomic E-state index is 12.1. The number of carbonyl (C=O) groups excluding carboxylic acids is 1. The lowest BCUT2D eigenvalue weighted by Crippen LogP contribution is -2.41. The van der Waals surface area contributed by atoms with E-state index < -0.39 is 0 Å². The van der Waals surface area contributed by atoms with Gasteiger partial charge in [-0.15, -0.1) is 12.4 Å². The fourth-order valence-corrected chi connectivity index (χ4v) is 4.11. The van der Waals surface area contributed by atoms with E-state index in [1.807, 2.05) is 0 Å². The second-order valence-corrected chi connectivity index (χ2v) is 7.44. The Kier molecular flexibility index (Phi) is 6.37. The molecule has 0 spiro atoms. The molecule has 1 saturated carbocycles. The molecular formula is C20H29ClN2O2. The van der Waals surface area contributed by atoms with Crippen molar-refractivity contribution in [2.75, 3.05) is 19.7 Å². The van der Waals surface area contributed by atoms with Crippen LogP contribution in [-0.4, -0.2) is 42.6 Å². The smallest absolute Gasteiger partial charge is 0.249 e. The summed E-state index contributed by atoms with van der Waals surface area (Å²) in [6.07, 6.45) is 8.09. The lowest BCUT2D eigenvalue weighted by molar-refractivity contribution is -0.130.